The standard InChI is InChI=1S/C11H19Cl2NO2/c1-4-6-9-14(11(15)10(12)13)7(3)8(5-2)16-9/h7-10H,4-6H2,1-3H3. The predicted molar refractivity (Wildman–Crippen MR) is 65.7 cm³/mol. The number of amides is 1. The first kappa shape index (κ1) is 14.1. The largest absolute Gasteiger partial charge is 0.353 e. The first-order chi connectivity index (χ1) is 7.52. The molecule has 3 nitrogen and oxygen atoms in total. The molecule has 0 N–H and O–H groups in total. The average Bonchev–Trinajstić information content (AvgIpc) is 2.54. The van der Waals surface area contributed by atoms with E-state index in [0.29, 0.717) is 0 Å². The van der Waals surface area contributed by atoms with Crippen LogP contribution in [0.4, 0.5) is 0 Å². The summed E-state index contributed by atoms with van der Waals surface area (Å²) in [4.78, 5) is 12.6. The summed E-state index contributed by atoms with van der Waals surface area (Å²) in [6, 6.07) is 0.0500. The van der Waals surface area contributed by atoms with Crippen LogP contribution >= 0.6 is 23.2 Å². The first-order valence-electron chi connectivity index (χ1n) is 5.78. The topological polar surface area (TPSA) is 29.5 Å². The Morgan fingerprint density at radius 2 is 2.06 bits per heavy atom. The van der Waals surface area contributed by atoms with E-state index in [2.05, 4.69) is 13.8 Å². The summed E-state index contributed by atoms with van der Waals surface area (Å²) in [6.07, 6.45) is 2.60. The van der Waals surface area contributed by atoms with Gasteiger partial charge in [0.05, 0.1) is 12.1 Å². The fourth-order valence-corrected chi connectivity index (χ4v) is 2.39. The van der Waals surface area contributed by atoms with Crippen LogP contribution in [-0.4, -0.2) is 34.0 Å². The van der Waals surface area contributed by atoms with Gasteiger partial charge in [-0.15, -0.1) is 0 Å². The molecule has 1 heterocycles. The molecule has 0 aliphatic carbocycles. The molecule has 5 heteroatoms. The Kier molecular flexibility index (Phi) is 5.35. The van der Waals surface area contributed by atoms with Crippen LogP contribution < -0.4 is 0 Å². The first-order valence-corrected chi connectivity index (χ1v) is 6.65. The number of hydrogen-bond acceptors (Lipinski definition) is 2. The van der Waals surface area contributed by atoms with Gasteiger partial charge in [0.25, 0.3) is 5.91 Å². The molecule has 3 atom stereocenters. The van der Waals surface area contributed by atoms with E-state index in [4.69, 9.17) is 27.9 Å². The normalized spacial score (nSPS) is 30.1. The lowest BCUT2D eigenvalue weighted by molar-refractivity contribution is -0.136. The van der Waals surface area contributed by atoms with Gasteiger partial charge >= 0.3 is 0 Å². The Bertz CT molecular complexity index is 248. The minimum atomic E-state index is -0.999. The van der Waals surface area contributed by atoms with Crippen LogP contribution in [0.1, 0.15) is 40.0 Å². The Balaban J connectivity index is 2.79. The molecular weight excluding hydrogens is 249 g/mol. The molecule has 0 saturated carbocycles. The molecule has 0 bridgehead atoms. The van der Waals surface area contributed by atoms with Crippen LogP contribution in [0.2, 0.25) is 0 Å². The van der Waals surface area contributed by atoms with Gasteiger partial charge in [-0.1, -0.05) is 43.5 Å². The molecule has 0 aromatic heterocycles. The summed E-state index contributed by atoms with van der Waals surface area (Å²) in [6.45, 7) is 6.10. The molecule has 1 aliphatic rings. The van der Waals surface area contributed by atoms with Crippen molar-refractivity contribution in [2.24, 2.45) is 0 Å². The van der Waals surface area contributed by atoms with E-state index in [-0.39, 0.29) is 24.3 Å². The fraction of sp³-hybridized carbons (Fsp3) is 0.909. The van der Waals surface area contributed by atoms with Crippen LogP contribution in [0.25, 0.3) is 0 Å². The lowest BCUT2D eigenvalue weighted by Gasteiger charge is -2.27. The van der Waals surface area contributed by atoms with Crippen LogP contribution in [0, 0.1) is 0 Å². The summed E-state index contributed by atoms with van der Waals surface area (Å²) in [7, 11) is 0. The Morgan fingerprint density at radius 1 is 1.44 bits per heavy atom. The van der Waals surface area contributed by atoms with Crippen molar-refractivity contribution in [1.82, 2.24) is 4.90 Å². The van der Waals surface area contributed by atoms with Gasteiger partial charge in [0, 0.05) is 0 Å². The van der Waals surface area contributed by atoms with Crippen molar-refractivity contribution in [3.63, 3.8) is 0 Å². The number of ether oxygens (including phenoxy) is 1. The van der Waals surface area contributed by atoms with Crippen molar-refractivity contribution < 1.29 is 9.53 Å². The molecule has 0 radical (unpaired) electrons. The van der Waals surface area contributed by atoms with E-state index in [1.54, 1.807) is 4.90 Å². The van der Waals surface area contributed by atoms with Gasteiger partial charge in [-0.2, -0.15) is 0 Å². The zero-order chi connectivity index (χ0) is 12.3. The molecule has 1 saturated heterocycles. The molecular formula is C11H19Cl2NO2. The van der Waals surface area contributed by atoms with Crippen molar-refractivity contribution in [1.29, 1.82) is 0 Å². The van der Waals surface area contributed by atoms with Gasteiger partial charge in [-0.25, -0.2) is 0 Å². The number of hydrogen-bond donors (Lipinski definition) is 0. The average molecular weight is 268 g/mol. The lowest BCUT2D eigenvalue weighted by Crippen LogP contribution is -2.44. The van der Waals surface area contributed by atoms with E-state index in [1.807, 2.05) is 6.92 Å². The molecule has 1 aliphatic heterocycles. The number of rotatable bonds is 4. The van der Waals surface area contributed by atoms with Gasteiger partial charge in [0.1, 0.15) is 6.23 Å². The maximum Gasteiger partial charge on any atom is 0.258 e. The zero-order valence-corrected chi connectivity index (χ0v) is 11.5. The summed E-state index contributed by atoms with van der Waals surface area (Å²) >= 11 is 11.3. The van der Waals surface area contributed by atoms with Gasteiger partial charge in [-0.05, 0) is 19.8 Å². The van der Waals surface area contributed by atoms with E-state index >= 15 is 0 Å². The number of alkyl halides is 2. The van der Waals surface area contributed by atoms with Crippen LogP contribution in [-0.2, 0) is 9.53 Å². The van der Waals surface area contributed by atoms with Crippen LogP contribution in [0.15, 0.2) is 0 Å². The predicted octanol–water partition coefficient (Wildman–Crippen LogP) is 2.94. The Morgan fingerprint density at radius 3 is 2.50 bits per heavy atom. The van der Waals surface area contributed by atoms with Gasteiger partial charge in [0.15, 0.2) is 4.84 Å². The maximum atomic E-state index is 11.9. The van der Waals surface area contributed by atoms with E-state index < -0.39 is 4.84 Å². The highest BCUT2D eigenvalue weighted by Gasteiger charge is 2.42. The second kappa shape index (κ2) is 6.08. The Hall–Kier alpha value is 0.01000. The third-order valence-corrected chi connectivity index (χ3v) is 3.37. The number of halogens is 2. The van der Waals surface area contributed by atoms with Crippen molar-refractivity contribution in [3.8, 4) is 0 Å². The maximum absolute atomic E-state index is 11.9. The zero-order valence-electron chi connectivity index (χ0n) is 9.95. The molecule has 1 amide bonds. The van der Waals surface area contributed by atoms with Crippen molar-refractivity contribution >= 4 is 29.1 Å². The second-order valence-corrected chi connectivity index (χ2v) is 5.21. The third kappa shape index (κ3) is 2.82. The van der Waals surface area contributed by atoms with Crippen molar-refractivity contribution in [2.75, 3.05) is 0 Å². The van der Waals surface area contributed by atoms with E-state index in [1.165, 1.54) is 0 Å². The molecule has 94 valence electrons. The van der Waals surface area contributed by atoms with Crippen LogP contribution in [0.3, 0.4) is 0 Å². The third-order valence-electron chi connectivity index (χ3n) is 3.00. The summed E-state index contributed by atoms with van der Waals surface area (Å²) in [5, 5.41) is 0. The molecule has 1 rings (SSSR count). The minimum Gasteiger partial charge on any atom is -0.353 e. The van der Waals surface area contributed by atoms with E-state index in [0.717, 1.165) is 19.3 Å². The van der Waals surface area contributed by atoms with Crippen molar-refractivity contribution in [2.45, 2.75) is 63.2 Å². The van der Waals surface area contributed by atoms with E-state index in [9.17, 15) is 4.79 Å². The lowest BCUT2D eigenvalue weighted by atomic mass is 10.1. The molecule has 0 aromatic carbocycles. The van der Waals surface area contributed by atoms with Gasteiger partial charge in [0.2, 0.25) is 0 Å². The fourth-order valence-electron chi connectivity index (χ4n) is 2.17. The van der Waals surface area contributed by atoms with Gasteiger partial charge < -0.3 is 9.64 Å². The highest BCUT2D eigenvalue weighted by atomic mass is 35.5. The van der Waals surface area contributed by atoms with Gasteiger partial charge in [-0.3, -0.25) is 4.79 Å². The highest BCUT2D eigenvalue weighted by molar-refractivity contribution is 6.53. The molecule has 1 fully saturated rings. The summed E-state index contributed by atoms with van der Waals surface area (Å²) in [5.74, 6) is -0.245. The monoisotopic (exact) mass is 267 g/mol. The Labute approximate surface area is 107 Å². The quantitative estimate of drug-likeness (QED) is 0.734. The molecule has 16 heavy (non-hydrogen) atoms. The SMILES string of the molecule is CCCC1OC(CC)C(C)N1C(=O)C(Cl)Cl. The highest BCUT2D eigenvalue weighted by Crippen LogP contribution is 2.29. The minimum absolute atomic E-state index is 0.0500. The smallest absolute Gasteiger partial charge is 0.258 e. The number of nitrogens with zero attached hydrogens (tertiary/aromatic N) is 1. The van der Waals surface area contributed by atoms with Crippen LogP contribution in [0.5, 0.6) is 0 Å². The second-order valence-electron chi connectivity index (χ2n) is 4.11. The molecule has 3 unspecified atom stereocenters. The summed E-state index contributed by atoms with van der Waals surface area (Å²) in [5.41, 5.74) is 0. The van der Waals surface area contributed by atoms with Crippen molar-refractivity contribution in [3.05, 3.63) is 0 Å². The summed E-state index contributed by atoms with van der Waals surface area (Å²) < 4.78 is 5.83. The molecule has 0 spiro atoms. The number of carbonyl (C=O) groups is 1. The molecule has 0 aromatic rings. The number of carbonyl (C=O) groups excluding carboxylic acids is 1.